The number of carbonyl (C=O) groups excluding carboxylic acids is 1. The normalized spacial score (nSPS) is 20.7. The summed E-state index contributed by atoms with van der Waals surface area (Å²) in [5.41, 5.74) is 2.90. The summed E-state index contributed by atoms with van der Waals surface area (Å²) < 4.78 is 75.4. The molecule has 0 amide bonds. The van der Waals surface area contributed by atoms with Gasteiger partial charge in [-0.15, -0.1) is 0 Å². The maximum Gasteiger partial charge on any atom is 0.416 e. The lowest BCUT2D eigenvalue weighted by Gasteiger charge is -2.48. The largest absolute Gasteiger partial charge is 0.422 e. The smallest absolute Gasteiger partial charge is 0.416 e. The van der Waals surface area contributed by atoms with Gasteiger partial charge in [-0.05, 0) is 49.2 Å². The van der Waals surface area contributed by atoms with Crippen LogP contribution in [0, 0.1) is 0 Å². The summed E-state index contributed by atoms with van der Waals surface area (Å²) in [5.74, 6) is 0.0473. The average Bonchev–Trinajstić information content (AvgIpc) is 3.63. The number of hydrogen-bond donors (Lipinski definition) is 0. The third-order valence-electron chi connectivity index (χ3n) is 9.59. The Hall–Kier alpha value is -3.77. The van der Waals surface area contributed by atoms with E-state index in [1.54, 1.807) is 12.1 Å². The highest BCUT2D eigenvalue weighted by Gasteiger charge is 2.45. The first-order valence-electron chi connectivity index (χ1n) is 17.4. The van der Waals surface area contributed by atoms with Gasteiger partial charge in [0.2, 0.25) is 0 Å². The van der Waals surface area contributed by atoms with Crippen LogP contribution in [0.5, 0.6) is 0 Å². The van der Waals surface area contributed by atoms with E-state index >= 15 is 0 Å². The van der Waals surface area contributed by atoms with E-state index in [4.69, 9.17) is 23.7 Å². The SMILES string of the molecule is O=C(O/C(=C1/CCC(P(=Nc2ccc(C(F)(F)F)cc2)(N2CCOCC2)N2CCOCC2)=C1N1CCOCC1)c1ccccc1)c1ccccc1. The van der Waals surface area contributed by atoms with E-state index in [0.717, 1.165) is 34.3 Å². The molecule has 0 aromatic heterocycles. The summed E-state index contributed by atoms with van der Waals surface area (Å²) in [6.07, 6.45) is -3.23. The number of carbonyl (C=O) groups is 1. The Morgan fingerprint density at radius 3 is 1.71 bits per heavy atom. The van der Waals surface area contributed by atoms with Gasteiger partial charge >= 0.3 is 12.1 Å². The van der Waals surface area contributed by atoms with Crippen molar-refractivity contribution in [2.24, 2.45) is 4.74 Å². The van der Waals surface area contributed by atoms with Crippen molar-refractivity contribution in [3.63, 3.8) is 0 Å². The lowest BCUT2D eigenvalue weighted by atomic mass is 10.0. The van der Waals surface area contributed by atoms with E-state index in [1.165, 1.54) is 12.1 Å². The van der Waals surface area contributed by atoms with Gasteiger partial charge < -0.3 is 23.8 Å². The molecule has 0 saturated carbocycles. The Morgan fingerprint density at radius 2 is 1.18 bits per heavy atom. The second kappa shape index (κ2) is 15.9. The van der Waals surface area contributed by atoms with Gasteiger partial charge in [0, 0.05) is 55.7 Å². The summed E-state index contributed by atoms with van der Waals surface area (Å²) in [6, 6.07) is 23.8. The highest BCUT2D eigenvalue weighted by atomic mass is 31.2. The zero-order valence-electron chi connectivity index (χ0n) is 28.4. The van der Waals surface area contributed by atoms with Crippen LogP contribution in [0.2, 0.25) is 0 Å². The Morgan fingerprint density at radius 1 is 0.667 bits per heavy atom. The molecule has 3 fully saturated rings. The van der Waals surface area contributed by atoms with Crippen LogP contribution >= 0.6 is 7.36 Å². The lowest BCUT2D eigenvalue weighted by molar-refractivity contribution is -0.137. The second-order valence-corrected chi connectivity index (χ2v) is 15.7. The molecule has 0 spiro atoms. The third-order valence-corrected chi connectivity index (χ3v) is 13.6. The van der Waals surface area contributed by atoms with Crippen molar-refractivity contribution in [2.75, 3.05) is 78.9 Å². The van der Waals surface area contributed by atoms with Crippen LogP contribution in [0.25, 0.3) is 5.76 Å². The predicted octanol–water partition coefficient (Wildman–Crippen LogP) is 7.64. The van der Waals surface area contributed by atoms with Crippen molar-refractivity contribution in [3.05, 3.63) is 118 Å². The zero-order valence-corrected chi connectivity index (χ0v) is 29.3. The number of halogens is 3. The Kier molecular flexibility index (Phi) is 11.1. The van der Waals surface area contributed by atoms with Gasteiger partial charge in [-0.3, -0.25) is 0 Å². The van der Waals surface area contributed by atoms with Crippen molar-refractivity contribution >= 4 is 24.8 Å². The molecular weight excluding hydrogens is 680 g/mol. The molecule has 1 aliphatic carbocycles. The highest BCUT2D eigenvalue weighted by molar-refractivity contribution is 7.66. The molecule has 13 heteroatoms. The Labute approximate surface area is 296 Å². The standard InChI is InChI=1S/C38H42F3N4O5P/c39-38(40,41)31-11-13-32(14-12-31)42-51(44-19-25-48-26-20-44,45-21-27-49-28-22-45)34-16-15-33(35(34)43-17-23-47-24-18-43)36(29-7-3-1-4-8-29)50-37(46)30-9-5-2-6-10-30/h1-14H,15-28H2/b36-33-. The third kappa shape index (κ3) is 7.72. The van der Waals surface area contributed by atoms with E-state index in [2.05, 4.69) is 14.2 Å². The van der Waals surface area contributed by atoms with Gasteiger partial charge in [-0.1, -0.05) is 48.5 Å². The minimum atomic E-state index is -4.46. The molecule has 3 aromatic carbocycles. The molecular formula is C38H42F3N4O5P. The molecule has 0 N–H and O–H groups in total. The topological polar surface area (TPSA) is 76.1 Å². The minimum absolute atomic E-state index is 0.447. The van der Waals surface area contributed by atoms with Crippen LogP contribution in [0.15, 0.2) is 106 Å². The summed E-state index contributed by atoms with van der Waals surface area (Å²) in [4.78, 5) is 16.1. The van der Waals surface area contributed by atoms with Gasteiger partial charge in [-0.2, -0.15) is 13.2 Å². The number of nitrogens with zero attached hydrogens (tertiary/aromatic N) is 4. The van der Waals surface area contributed by atoms with Gasteiger partial charge in [-0.25, -0.2) is 18.9 Å². The van der Waals surface area contributed by atoms with Gasteiger partial charge in [0.25, 0.3) is 0 Å². The van der Waals surface area contributed by atoms with Crippen LogP contribution in [0.1, 0.15) is 34.3 Å². The van der Waals surface area contributed by atoms with Crippen molar-refractivity contribution in [3.8, 4) is 0 Å². The molecule has 0 radical (unpaired) electrons. The summed E-state index contributed by atoms with van der Waals surface area (Å²) >= 11 is 0. The van der Waals surface area contributed by atoms with Gasteiger partial charge in [0.1, 0.15) is 13.1 Å². The van der Waals surface area contributed by atoms with Crippen molar-refractivity contribution in [2.45, 2.75) is 19.0 Å². The average molecular weight is 723 g/mol. The molecule has 7 rings (SSSR count). The number of alkyl halides is 3. The van der Waals surface area contributed by atoms with E-state index in [9.17, 15) is 18.0 Å². The zero-order chi connectivity index (χ0) is 35.3. The van der Waals surface area contributed by atoms with Crippen LogP contribution in [-0.2, 0) is 25.1 Å². The molecule has 3 aromatic rings. The van der Waals surface area contributed by atoms with Crippen molar-refractivity contribution < 1.29 is 36.9 Å². The molecule has 3 heterocycles. The van der Waals surface area contributed by atoms with Crippen molar-refractivity contribution in [1.29, 1.82) is 0 Å². The maximum atomic E-state index is 13.7. The molecule has 3 aliphatic heterocycles. The first kappa shape index (κ1) is 35.6. The Balaban J connectivity index is 1.50. The minimum Gasteiger partial charge on any atom is -0.422 e. The van der Waals surface area contributed by atoms with E-state index < -0.39 is 25.1 Å². The number of morpholine rings is 3. The highest BCUT2D eigenvalue weighted by Crippen LogP contribution is 2.69. The number of esters is 1. The van der Waals surface area contributed by atoms with Gasteiger partial charge in [0.15, 0.2) is 0 Å². The maximum absolute atomic E-state index is 13.7. The van der Waals surface area contributed by atoms with Crippen molar-refractivity contribution in [1.82, 2.24) is 14.2 Å². The van der Waals surface area contributed by atoms with E-state index in [-0.39, 0.29) is 0 Å². The number of allylic oxidation sites excluding steroid dienone is 2. The fraction of sp³-hybridized carbons (Fsp3) is 0.395. The predicted molar refractivity (Wildman–Crippen MR) is 189 cm³/mol. The fourth-order valence-corrected chi connectivity index (χ4v) is 11.5. The summed E-state index contributed by atoms with van der Waals surface area (Å²) in [6.45, 7) is 6.84. The molecule has 270 valence electrons. The van der Waals surface area contributed by atoms with E-state index in [1.807, 2.05) is 48.5 Å². The quantitative estimate of drug-likeness (QED) is 0.134. The fourth-order valence-electron chi connectivity index (χ4n) is 7.19. The Bertz CT molecular complexity index is 1760. The molecule has 0 unspecified atom stereocenters. The molecule has 0 atom stereocenters. The number of ether oxygens (including phenoxy) is 4. The first-order chi connectivity index (χ1) is 24.8. The van der Waals surface area contributed by atoms with Crippen LogP contribution in [0.3, 0.4) is 0 Å². The molecule has 0 bridgehead atoms. The monoisotopic (exact) mass is 722 g/mol. The first-order valence-corrected chi connectivity index (χ1v) is 19.1. The second-order valence-electron chi connectivity index (χ2n) is 12.7. The lowest BCUT2D eigenvalue weighted by Crippen LogP contribution is -2.44. The molecule has 4 aliphatic rings. The molecule has 51 heavy (non-hydrogen) atoms. The van der Waals surface area contributed by atoms with Crippen LogP contribution in [0.4, 0.5) is 18.9 Å². The van der Waals surface area contributed by atoms with Gasteiger partial charge in [0.05, 0.1) is 62.2 Å². The summed E-state index contributed by atoms with van der Waals surface area (Å²) in [5, 5.41) is 1.12. The molecule has 3 saturated heterocycles. The summed E-state index contributed by atoms with van der Waals surface area (Å²) in [7, 11) is -2.88. The molecule has 9 nitrogen and oxygen atoms in total. The van der Waals surface area contributed by atoms with E-state index in [0.29, 0.717) is 109 Å². The number of rotatable bonds is 8. The van der Waals surface area contributed by atoms with Crippen LogP contribution in [-0.4, -0.2) is 99.1 Å². The number of hydrogen-bond acceptors (Lipinski definition) is 7. The number of benzene rings is 3. The van der Waals surface area contributed by atoms with Crippen LogP contribution < -0.4 is 0 Å².